The summed E-state index contributed by atoms with van der Waals surface area (Å²) in [5.74, 6) is 0.165. The zero-order valence-electron chi connectivity index (χ0n) is 24.1. The van der Waals surface area contributed by atoms with Crippen LogP contribution in [0, 0.1) is 18.7 Å². The maximum absolute atomic E-state index is 13.9. The summed E-state index contributed by atoms with van der Waals surface area (Å²) in [6, 6.07) is 10.4. The number of hydrogen-bond acceptors (Lipinski definition) is 7. The lowest BCUT2D eigenvalue weighted by Gasteiger charge is -2.19. The Kier molecular flexibility index (Phi) is 7.73. The smallest absolute Gasteiger partial charge is 0.277 e. The molecule has 1 aromatic carbocycles. The van der Waals surface area contributed by atoms with E-state index in [1.54, 1.807) is 36.1 Å². The maximum Gasteiger partial charge on any atom is 0.277 e. The molecule has 0 saturated carbocycles. The fraction of sp³-hybridized carbons (Fsp3) is 0.281. The molecule has 3 N–H and O–H groups in total. The van der Waals surface area contributed by atoms with Gasteiger partial charge in [-0.05, 0) is 67.3 Å². The van der Waals surface area contributed by atoms with Gasteiger partial charge in [-0.2, -0.15) is 0 Å². The van der Waals surface area contributed by atoms with Gasteiger partial charge in [0.2, 0.25) is 5.91 Å². The van der Waals surface area contributed by atoms with Crippen molar-refractivity contribution in [1.82, 2.24) is 24.1 Å². The van der Waals surface area contributed by atoms with Crippen LogP contribution in [0.3, 0.4) is 0 Å². The van der Waals surface area contributed by atoms with Crippen molar-refractivity contribution in [1.29, 1.82) is 0 Å². The topological polar surface area (TPSA) is 124 Å². The lowest BCUT2D eigenvalue weighted by Crippen LogP contribution is -2.32. The molecule has 1 fully saturated rings. The fourth-order valence-electron chi connectivity index (χ4n) is 5.45. The minimum Gasteiger partial charge on any atom is -0.357 e. The molecule has 0 bridgehead atoms. The number of rotatable bonds is 8. The van der Waals surface area contributed by atoms with E-state index in [2.05, 4.69) is 25.2 Å². The molecule has 1 aliphatic rings. The first-order valence-corrected chi connectivity index (χ1v) is 14.4. The number of nitrogens with two attached hydrogens (primary N) is 1. The number of carbonyl (C=O) groups is 1. The van der Waals surface area contributed by atoms with E-state index < -0.39 is 11.5 Å². The van der Waals surface area contributed by atoms with Crippen LogP contribution < -0.4 is 21.5 Å². The van der Waals surface area contributed by atoms with Crippen LogP contribution in [0.25, 0.3) is 28.0 Å². The third-order valence-corrected chi connectivity index (χ3v) is 7.90. The standard InChI is InChI=1S/C32H33FN8O2/c1-20(14-34)31(42)38-27-17-37-30(23-7-8-36-29(12-23)39-9-3-4-10-39)41(32(27)43)19-22-11-25(16-35-15-22)40-18-21(2)26-13-24(33)5-6-28(26)40/h5-8,11-13,15-18,20H,3-4,9-10,14,19,34H2,1-2H3,(H,38,42)/t20-/m0/s1. The zero-order valence-corrected chi connectivity index (χ0v) is 24.1. The van der Waals surface area contributed by atoms with E-state index in [4.69, 9.17) is 5.73 Å². The highest BCUT2D eigenvalue weighted by molar-refractivity contribution is 5.92. The summed E-state index contributed by atoms with van der Waals surface area (Å²) < 4.78 is 17.4. The van der Waals surface area contributed by atoms with Crippen molar-refractivity contribution >= 4 is 28.3 Å². The summed E-state index contributed by atoms with van der Waals surface area (Å²) in [4.78, 5) is 42.4. The normalized spacial score (nSPS) is 13.9. The first kappa shape index (κ1) is 28.2. The minimum atomic E-state index is -0.468. The van der Waals surface area contributed by atoms with E-state index in [1.165, 1.54) is 18.3 Å². The molecule has 0 spiro atoms. The van der Waals surface area contributed by atoms with Crippen molar-refractivity contribution in [2.75, 3.05) is 29.9 Å². The number of amides is 1. The number of hydrogen-bond donors (Lipinski definition) is 2. The quantitative estimate of drug-likeness (QED) is 0.281. The van der Waals surface area contributed by atoms with Gasteiger partial charge in [0.05, 0.1) is 30.1 Å². The van der Waals surface area contributed by atoms with Crippen molar-refractivity contribution in [3.05, 3.63) is 94.7 Å². The summed E-state index contributed by atoms with van der Waals surface area (Å²) >= 11 is 0. The molecule has 10 nitrogen and oxygen atoms in total. The number of benzene rings is 1. The average Bonchev–Trinajstić information content (AvgIpc) is 3.67. The van der Waals surface area contributed by atoms with Gasteiger partial charge < -0.3 is 20.5 Å². The Bertz CT molecular complexity index is 1880. The summed E-state index contributed by atoms with van der Waals surface area (Å²) in [6.07, 6.45) is 10.7. The monoisotopic (exact) mass is 580 g/mol. The van der Waals surface area contributed by atoms with Gasteiger partial charge in [-0.1, -0.05) is 6.92 Å². The molecular weight excluding hydrogens is 547 g/mol. The van der Waals surface area contributed by atoms with E-state index in [-0.39, 0.29) is 30.5 Å². The molecule has 43 heavy (non-hydrogen) atoms. The second-order valence-corrected chi connectivity index (χ2v) is 11.0. The highest BCUT2D eigenvalue weighted by atomic mass is 19.1. The minimum absolute atomic E-state index is 0.0704. The summed E-state index contributed by atoms with van der Waals surface area (Å²) in [5, 5.41) is 3.52. The Morgan fingerprint density at radius 2 is 1.91 bits per heavy atom. The summed E-state index contributed by atoms with van der Waals surface area (Å²) in [7, 11) is 0. The molecule has 0 unspecified atom stereocenters. The molecule has 1 amide bonds. The Hall–Kier alpha value is -4.90. The molecule has 0 radical (unpaired) electrons. The first-order chi connectivity index (χ1) is 20.8. The number of aromatic nitrogens is 5. The number of nitrogens with zero attached hydrogens (tertiary/aromatic N) is 6. The third kappa shape index (κ3) is 5.63. The van der Waals surface area contributed by atoms with Crippen LogP contribution in [0.2, 0.25) is 0 Å². The molecule has 0 aliphatic carbocycles. The van der Waals surface area contributed by atoms with Crippen LogP contribution in [0.1, 0.15) is 30.9 Å². The lowest BCUT2D eigenvalue weighted by molar-refractivity contribution is -0.119. The third-order valence-electron chi connectivity index (χ3n) is 7.90. The van der Waals surface area contributed by atoms with Gasteiger partial charge in [0.1, 0.15) is 23.1 Å². The number of carbonyl (C=O) groups excluding carboxylic acids is 1. The fourth-order valence-corrected chi connectivity index (χ4v) is 5.45. The predicted molar refractivity (Wildman–Crippen MR) is 165 cm³/mol. The maximum atomic E-state index is 13.9. The molecule has 6 rings (SSSR count). The molecule has 1 saturated heterocycles. The van der Waals surface area contributed by atoms with Gasteiger partial charge in [-0.25, -0.2) is 14.4 Å². The Morgan fingerprint density at radius 1 is 1.09 bits per heavy atom. The first-order valence-electron chi connectivity index (χ1n) is 14.4. The summed E-state index contributed by atoms with van der Waals surface area (Å²) in [5.41, 5.74) is 9.38. The average molecular weight is 581 g/mol. The number of aryl methyl sites for hydroxylation is 1. The van der Waals surface area contributed by atoms with Crippen LogP contribution in [-0.4, -0.2) is 49.6 Å². The van der Waals surface area contributed by atoms with Crippen molar-refractivity contribution in [2.45, 2.75) is 33.2 Å². The molecule has 5 heterocycles. The molecule has 220 valence electrons. The van der Waals surface area contributed by atoms with E-state index in [0.717, 1.165) is 65.0 Å². The van der Waals surface area contributed by atoms with Crippen molar-refractivity contribution in [2.24, 2.45) is 11.7 Å². The molecule has 1 atom stereocenters. The van der Waals surface area contributed by atoms with Crippen LogP contribution in [0.5, 0.6) is 0 Å². The lowest BCUT2D eigenvalue weighted by atomic mass is 10.1. The van der Waals surface area contributed by atoms with Gasteiger partial charge in [0.25, 0.3) is 5.56 Å². The van der Waals surface area contributed by atoms with Gasteiger partial charge in [0.15, 0.2) is 0 Å². The van der Waals surface area contributed by atoms with E-state index in [0.29, 0.717) is 5.82 Å². The second-order valence-electron chi connectivity index (χ2n) is 11.0. The SMILES string of the molecule is Cc1cn(-c2cncc(Cn3c(-c4ccnc(N5CCCC5)c4)ncc(NC(=O)[C@@H](C)CN)c3=O)c2)c2ccc(F)cc12. The molecule has 5 aromatic rings. The van der Waals surface area contributed by atoms with Crippen molar-refractivity contribution < 1.29 is 9.18 Å². The highest BCUT2D eigenvalue weighted by Crippen LogP contribution is 2.27. The van der Waals surface area contributed by atoms with Gasteiger partial charge >= 0.3 is 0 Å². The molecular formula is C32H33FN8O2. The highest BCUT2D eigenvalue weighted by Gasteiger charge is 2.20. The van der Waals surface area contributed by atoms with Gasteiger partial charge in [0, 0.05) is 55.1 Å². The zero-order chi connectivity index (χ0) is 30.1. The predicted octanol–water partition coefficient (Wildman–Crippen LogP) is 4.27. The van der Waals surface area contributed by atoms with Crippen LogP contribution in [-0.2, 0) is 11.3 Å². The van der Waals surface area contributed by atoms with E-state index in [9.17, 15) is 14.0 Å². The number of halogens is 1. The largest absolute Gasteiger partial charge is 0.357 e. The van der Waals surface area contributed by atoms with E-state index in [1.807, 2.05) is 35.9 Å². The van der Waals surface area contributed by atoms with Gasteiger partial charge in [-0.3, -0.25) is 19.1 Å². The van der Waals surface area contributed by atoms with Crippen LogP contribution in [0.15, 0.2) is 72.2 Å². The summed E-state index contributed by atoms with van der Waals surface area (Å²) in [6.45, 7) is 5.79. The molecule has 4 aromatic heterocycles. The van der Waals surface area contributed by atoms with Crippen LogP contribution >= 0.6 is 0 Å². The molecule has 11 heteroatoms. The van der Waals surface area contributed by atoms with Crippen molar-refractivity contribution in [3.63, 3.8) is 0 Å². The van der Waals surface area contributed by atoms with Crippen LogP contribution in [0.4, 0.5) is 15.9 Å². The Morgan fingerprint density at radius 3 is 2.70 bits per heavy atom. The van der Waals surface area contributed by atoms with Gasteiger partial charge in [-0.15, -0.1) is 0 Å². The number of nitrogens with one attached hydrogen (secondary N) is 1. The number of pyridine rings is 2. The number of anilines is 2. The molecule has 1 aliphatic heterocycles. The van der Waals surface area contributed by atoms with Crippen molar-refractivity contribution in [3.8, 4) is 17.1 Å². The number of fused-ring (bicyclic) bond motifs is 1. The van der Waals surface area contributed by atoms with E-state index >= 15 is 0 Å². The second kappa shape index (κ2) is 11.8. The Balaban J connectivity index is 1.42. The Labute approximate surface area is 248 Å².